The first-order valence-corrected chi connectivity index (χ1v) is 7.31. The van der Waals surface area contributed by atoms with E-state index in [1.54, 1.807) is 12.1 Å². The van der Waals surface area contributed by atoms with Gasteiger partial charge >= 0.3 is 6.61 Å². The molecule has 1 aliphatic heterocycles. The van der Waals surface area contributed by atoms with Crippen LogP contribution >= 0.6 is 0 Å². The van der Waals surface area contributed by atoms with Gasteiger partial charge in [-0.25, -0.2) is 0 Å². The number of nitrogens with zero attached hydrogens (tertiary/aromatic N) is 1. The molecule has 1 amide bonds. The minimum absolute atomic E-state index is 0.0703. The fourth-order valence-electron chi connectivity index (χ4n) is 2.56. The van der Waals surface area contributed by atoms with Crippen LogP contribution in [0, 0.1) is 0 Å². The zero-order chi connectivity index (χ0) is 15.9. The topological polar surface area (TPSA) is 53.6 Å². The van der Waals surface area contributed by atoms with Gasteiger partial charge in [0.1, 0.15) is 5.75 Å². The van der Waals surface area contributed by atoms with Gasteiger partial charge in [-0.3, -0.25) is 9.69 Å². The summed E-state index contributed by atoms with van der Waals surface area (Å²) >= 11 is 0. The molecule has 0 spiro atoms. The summed E-state index contributed by atoms with van der Waals surface area (Å²) in [4.78, 5) is 14.1. The zero-order valence-electron chi connectivity index (χ0n) is 12.5. The minimum Gasteiger partial charge on any atom is -0.435 e. The second-order valence-electron chi connectivity index (χ2n) is 5.31. The molecule has 122 valence electrons. The predicted molar refractivity (Wildman–Crippen MR) is 80.2 cm³/mol. The highest BCUT2D eigenvalue weighted by atomic mass is 19.3. The van der Waals surface area contributed by atoms with E-state index >= 15 is 0 Å². The minimum atomic E-state index is -2.85. The molecule has 0 radical (unpaired) electrons. The van der Waals surface area contributed by atoms with Crippen LogP contribution in [-0.4, -0.2) is 50.1 Å². The Morgan fingerprint density at radius 3 is 2.77 bits per heavy atom. The monoisotopic (exact) mass is 313 g/mol. The Bertz CT molecular complexity index is 482. The van der Waals surface area contributed by atoms with Crippen LogP contribution in [0.15, 0.2) is 24.3 Å². The number of likely N-dealkylation sites (N-methyl/N-ethyl adjacent to an activating group) is 1. The molecule has 0 bridgehead atoms. The number of likely N-dealkylation sites (tertiary alicyclic amines) is 1. The average Bonchev–Trinajstić information content (AvgIpc) is 2.49. The van der Waals surface area contributed by atoms with Gasteiger partial charge in [-0.05, 0) is 50.7 Å². The molecule has 0 aliphatic carbocycles. The van der Waals surface area contributed by atoms with E-state index in [9.17, 15) is 13.6 Å². The lowest BCUT2D eigenvalue weighted by Gasteiger charge is -2.31. The number of carbonyl (C=O) groups is 1. The highest BCUT2D eigenvalue weighted by molar-refractivity contribution is 5.92. The van der Waals surface area contributed by atoms with E-state index in [4.69, 9.17) is 0 Å². The molecule has 1 unspecified atom stereocenters. The number of alkyl halides is 2. The molecule has 1 aliphatic rings. The van der Waals surface area contributed by atoms with Crippen molar-refractivity contribution >= 4 is 11.6 Å². The summed E-state index contributed by atoms with van der Waals surface area (Å²) in [5.41, 5.74) is 0.564. The molecule has 7 heteroatoms. The second kappa shape index (κ2) is 8.05. The molecule has 1 aromatic carbocycles. The van der Waals surface area contributed by atoms with Crippen molar-refractivity contribution in [3.63, 3.8) is 0 Å². The molecule has 1 saturated heterocycles. The third kappa shape index (κ3) is 5.23. The first kappa shape index (κ1) is 16.6. The molecule has 0 saturated carbocycles. The summed E-state index contributed by atoms with van der Waals surface area (Å²) < 4.78 is 28.4. The zero-order valence-corrected chi connectivity index (χ0v) is 12.5. The molecular formula is C15H21F2N3O2. The molecular weight excluding hydrogens is 292 g/mol. The van der Waals surface area contributed by atoms with Crippen LogP contribution in [0.1, 0.15) is 12.8 Å². The Labute approximate surface area is 128 Å². The molecule has 1 aromatic rings. The summed E-state index contributed by atoms with van der Waals surface area (Å²) in [6.07, 6.45) is 2.19. The van der Waals surface area contributed by atoms with Gasteiger partial charge in [0, 0.05) is 18.3 Å². The summed E-state index contributed by atoms with van der Waals surface area (Å²) in [7, 11) is 1.93. The largest absolute Gasteiger partial charge is 0.435 e. The summed E-state index contributed by atoms with van der Waals surface area (Å²) in [5, 5.41) is 5.99. The average molecular weight is 313 g/mol. The Hall–Kier alpha value is -1.73. The van der Waals surface area contributed by atoms with Gasteiger partial charge in [0.2, 0.25) is 5.91 Å². The summed E-state index contributed by atoms with van der Waals surface area (Å²) in [6.45, 7) is -0.759. The fraction of sp³-hybridized carbons (Fsp3) is 0.533. The number of hydrogen-bond donors (Lipinski definition) is 2. The van der Waals surface area contributed by atoms with Crippen molar-refractivity contribution in [2.45, 2.75) is 25.5 Å². The summed E-state index contributed by atoms with van der Waals surface area (Å²) in [5.74, 6) is -0.0415. The number of rotatable bonds is 6. The van der Waals surface area contributed by atoms with Crippen LogP contribution < -0.4 is 15.4 Å². The van der Waals surface area contributed by atoms with E-state index in [1.807, 2.05) is 7.05 Å². The maximum atomic E-state index is 12.0. The van der Waals surface area contributed by atoms with Crippen molar-refractivity contribution in [2.75, 3.05) is 32.0 Å². The SMILES string of the molecule is CNC1CCCN(CC(=O)Nc2ccc(OC(F)F)cc2)C1. The lowest BCUT2D eigenvalue weighted by atomic mass is 10.1. The van der Waals surface area contributed by atoms with E-state index in [1.165, 1.54) is 12.1 Å². The molecule has 1 heterocycles. The van der Waals surface area contributed by atoms with Crippen LogP contribution in [0.3, 0.4) is 0 Å². The number of ether oxygens (including phenoxy) is 1. The maximum absolute atomic E-state index is 12.0. The van der Waals surface area contributed by atoms with E-state index in [0.29, 0.717) is 18.3 Å². The highest BCUT2D eigenvalue weighted by Crippen LogP contribution is 2.18. The van der Waals surface area contributed by atoms with Crippen molar-refractivity contribution in [2.24, 2.45) is 0 Å². The molecule has 5 nitrogen and oxygen atoms in total. The Morgan fingerprint density at radius 1 is 1.41 bits per heavy atom. The van der Waals surface area contributed by atoms with Gasteiger partial charge in [0.05, 0.1) is 6.54 Å². The van der Waals surface area contributed by atoms with Gasteiger partial charge in [0.15, 0.2) is 0 Å². The molecule has 22 heavy (non-hydrogen) atoms. The van der Waals surface area contributed by atoms with Gasteiger partial charge in [-0.2, -0.15) is 8.78 Å². The lowest BCUT2D eigenvalue weighted by molar-refractivity contribution is -0.117. The molecule has 0 aromatic heterocycles. The Kier molecular flexibility index (Phi) is 6.09. The first-order chi connectivity index (χ1) is 10.6. The Morgan fingerprint density at radius 2 is 2.14 bits per heavy atom. The fourth-order valence-corrected chi connectivity index (χ4v) is 2.56. The quantitative estimate of drug-likeness (QED) is 0.842. The number of nitrogens with one attached hydrogen (secondary N) is 2. The number of benzene rings is 1. The standard InChI is InChI=1S/C15H21F2N3O2/c1-18-12-3-2-8-20(9-12)10-14(21)19-11-4-6-13(7-5-11)22-15(16)17/h4-7,12,15,18H,2-3,8-10H2,1H3,(H,19,21). The van der Waals surface area contributed by atoms with Crippen molar-refractivity contribution in [3.05, 3.63) is 24.3 Å². The molecule has 2 rings (SSSR count). The van der Waals surface area contributed by atoms with Crippen LogP contribution in [0.25, 0.3) is 0 Å². The molecule has 1 atom stereocenters. The van der Waals surface area contributed by atoms with E-state index in [0.717, 1.165) is 25.9 Å². The number of carbonyl (C=O) groups excluding carboxylic acids is 1. The van der Waals surface area contributed by atoms with Gasteiger partial charge < -0.3 is 15.4 Å². The maximum Gasteiger partial charge on any atom is 0.387 e. The summed E-state index contributed by atoms with van der Waals surface area (Å²) in [6, 6.07) is 6.32. The van der Waals surface area contributed by atoms with Crippen LogP contribution in [-0.2, 0) is 4.79 Å². The van der Waals surface area contributed by atoms with Crippen LogP contribution in [0.2, 0.25) is 0 Å². The first-order valence-electron chi connectivity index (χ1n) is 7.31. The number of amides is 1. The van der Waals surface area contributed by atoms with Crippen LogP contribution in [0.4, 0.5) is 14.5 Å². The smallest absolute Gasteiger partial charge is 0.387 e. The molecule has 2 N–H and O–H groups in total. The number of piperidine rings is 1. The number of halogens is 2. The number of hydrogen-bond acceptors (Lipinski definition) is 4. The third-order valence-corrected chi connectivity index (χ3v) is 3.64. The predicted octanol–water partition coefficient (Wildman–Crippen LogP) is 1.91. The van der Waals surface area contributed by atoms with E-state index in [2.05, 4.69) is 20.3 Å². The molecule has 1 fully saturated rings. The Balaban J connectivity index is 1.81. The van der Waals surface area contributed by atoms with Crippen molar-refractivity contribution < 1.29 is 18.3 Å². The van der Waals surface area contributed by atoms with E-state index < -0.39 is 6.61 Å². The van der Waals surface area contributed by atoms with Crippen LogP contribution in [0.5, 0.6) is 5.75 Å². The van der Waals surface area contributed by atoms with E-state index in [-0.39, 0.29) is 11.7 Å². The van der Waals surface area contributed by atoms with Crippen molar-refractivity contribution in [3.8, 4) is 5.75 Å². The third-order valence-electron chi connectivity index (χ3n) is 3.64. The normalized spacial score (nSPS) is 19.2. The van der Waals surface area contributed by atoms with Gasteiger partial charge in [-0.1, -0.05) is 0 Å². The highest BCUT2D eigenvalue weighted by Gasteiger charge is 2.20. The van der Waals surface area contributed by atoms with Gasteiger partial charge in [-0.15, -0.1) is 0 Å². The second-order valence-corrected chi connectivity index (χ2v) is 5.31. The van der Waals surface area contributed by atoms with Gasteiger partial charge in [0.25, 0.3) is 0 Å². The number of anilines is 1. The van der Waals surface area contributed by atoms with Crippen molar-refractivity contribution in [1.29, 1.82) is 0 Å². The lowest BCUT2D eigenvalue weighted by Crippen LogP contribution is -2.46. The van der Waals surface area contributed by atoms with Crippen molar-refractivity contribution in [1.82, 2.24) is 10.2 Å².